The SMILES string of the molecule is COC(=O)C(NCC(=O)Nc1ccc(Br)cc1F)C(C)C. The smallest absolute Gasteiger partial charge is 0.323 e. The topological polar surface area (TPSA) is 67.4 Å². The molecule has 0 heterocycles. The van der Waals surface area contributed by atoms with Gasteiger partial charge < -0.3 is 10.1 Å². The number of carbonyl (C=O) groups is 2. The third kappa shape index (κ3) is 5.43. The number of halogens is 2. The Morgan fingerprint density at radius 2 is 2.05 bits per heavy atom. The van der Waals surface area contributed by atoms with Gasteiger partial charge in [0, 0.05) is 4.47 Å². The number of hydrogen-bond acceptors (Lipinski definition) is 4. The van der Waals surface area contributed by atoms with Crippen molar-refractivity contribution in [3.05, 3.63) is 28.5 Å². The molecule has 0 aliphatic carbocycles. The second-order valence-corrected chi connectivity index (χ2v) is 5.71. The van der Waals surface area contributed by atoms with Gasteiger partial charge in [0.15, 0.2) is 0 Å². The largest absolute Gasteiger partial charge is 0.468 e. The second kappa shape index (κ2) is 8.09. The van der Waals surface area contributed by atoms with E-state index >= 15 is 0 Å². The van der Waals surface area contributed by atoms with E-state index in [9.17, 15) is 14.0 Å². The normalized spacial score (nSPS) is 12.1. The van der Waals surface area contributed by atoms with Crippen LogP contribution in [0.5, 0.6) is 0 Å². The Morgan fingerprint density at radius 1 is 1.38 bits per heavy atom. The van der Waals surface area contributed by atoms with Crippen LogP contribution in [0.4, 0.5) is 10.1 Å². The first-order valence-corrected chi connectivity index (χ1v) is 7.20. The fourth-order valence-electron chi connectivity index (χ4n) is 1.71. The minimum atomic E-state index is -0.587. The van der Waals surface area contributed by atoms with Crippen molar-refractivity contribution in [1.29, 1.82) is 0 Å². The summed E-state index contributed by atoms with van der Waals surface area (Å²) in [5.41, 5.74) is 0.0872. The lowest BCUT2D eigenvalue weighted by Gasteiger charge is -2.19. The maximum Gasteiger partial charge on any atom is 0.323 e. The molecule has 2 N–H and O–H groups in total. The maximum absolute atomic E-state index is 13.6. The van der Waals surface area contributed by atoms with E-state index in [4.69, 9.17) is 0 Å². The minimum absolute atomic E-state index is 0.0327. The predicted molar refractivity (Wildman–Crippen MR) is 81.4 cm³/mol. The van der Waals surface area contributed by atoms with Crippen molar-refractivity contribution in [3.63, 3.8) is 0 Å². The van der Waals surface area contributed by atoms with Gasteiger partial charge in [-0.2, -0.15) is 0 Å². The highest BCUT2D eigenvalue weighted by Crippen LogP contribution is 2.19. The van der Waals surface area contributed by atoms with E-state index in [1.165, 1.54) is 19.2 Å². The molecular weight excluding hydrogens is 343 g/mol. The van der Waals surface area contributed by atoms with E-state index in [-0.39, 0.29) is 18.2 Å². The molecule has 0 fully saturated rings. The first-order chi connectivity index (χ1) is 9.85. The fourth-order valence-corrected chi connectivity index (χ4v) is 2.04. The molecule has 0 saturated carbocycles. The molecule has 1 rings (SSSR count). The molecule has 0 bridgehead atoms. The van der Waals surface area contributed by atoms with Crippen LogP contribution in [0, 0.1) is 11.7 Å². The van der Waals surface area contributed by atoms with Crippen LogP contribution in [0.25, 0.3) is 0 Å². The Balaban J connectivity index is 2.59. The zero-order valence-corrected chi connectivity index (χ0v) is 13.7. The van der Waals surface area contributed by atoms with Gasteiger partial charge in [-0.05, 0) is 24.1 Å². The molecule has 1 aromatic rings. The van der Waals surface area contributed by atoms with Gasteiger partial charge >= 0.3 is 5.97 Å². The summed E-state index contributed by atoms with van der Waals surface area (Å²) < 4.78 is 18.8. The van der Waals surface area contributed by atoms with Crippen molar-refractivity contribution < 1.29 is 18.7 Å². The van der Waals surface area contributed by atoms with Crippen molar-refractivity contribution in [2.75, 3.05) is 19.0 Å². The molecule has 0 spiro atoms. The van der Waals surface area contributed by atoms with E-state index in [0.29, 0.717) is 4.47 Å². The summed E-state index contributed by atoms with van der Waals surface area (Å²) in [5, 5.41) is 5.24. The van der Waals surface area contributed by atoms with Gasteiger partial charge in [-0.25, -0.2) is 4.39 Å². The minimum Gasteiger partial charge on any atom is -0.468 e. The zero-order chi connectivity index (χ0) is 16.0. The van der Waals surface area contributed by atoms with Gasteiger partial charge in [0.25, 0.3) is 0 Å². The molecule has 5 nitrogen and oxygen atoms in total. The van der Waals surface area contributed by atoms with Gasteiger partial charge in [0.2, 0.25) is 5.91 Å². The van der Waals surface area contributed by atoms with Crippen LogP contribution in [-0.4, -0.2) is 31.6 Å². The van der Waals surface area contributed by atoms with Gasteiger partial charge in [0.05, 0.1) is 19.3 Å². The molecule has 0 aliphatic rings. The molecule has 0 radical (unpaired) electrons. The Labute approximate surface area is 131 Å². The summed E-state index contributed by atoms with van der Waals surface area (Å²) in [6.07, 6.45) is 0. The van der Waals surface area contributed by atoms with Gasteiger partial charge in [-0.1, -0.05) is 29.8 Å². The summed E-state index contributed by atoms with van der Waals surface area (Å²) in [5.74, 6) is -1.45. The zero-order valence-electron chi connectivity index (χ0n) is 12.1. The Bertz CT molecular complexity index is 523. The van der Waals surface area contributed by atoms with E-state index in [0.717, 1.165) is 0 Å². The van der Waals surface area contributed by atoms with E-state index in [1.807, 2.05) is 13.8 Å². The quantitative estimate of drug-likeness (QED) is 0.764. The van der Waals surface area contributed by atoms with Crippen molar-refractivity contribution >= 4 is 33.5 Å². The van der Waals surface area contributed by atoms with Crippen molar-refractivity contribution in [2.24, 2.45) is 5.92 Å². The molecule has 1 unspecified atom stereocenters. The molecule has 116 valence electrons. The van der Waals surface area contributed by atoms with Crippen LogP contribution >= 0.6 is 15.9 Å². The lowest BCUT2D eigenvalue weighted by Crippen LogP contribution is -2.45. The molecule has 7 heteroatoms. The molecular formula is C14H18BrFN2O3. The number of benzene rings is 1. The van der Waals surface area contributed by atoms with Crippen molar-refractivity contribution in [3.8, 4) is 0 Å². The number of hydrogen-bond donors (Lipinski definition) is 2. The monoisotopic (exact) mass is 360 g/mol. The van der Waals surface area contributed by atoms with E-state index in [1.54, 1.807) is 6.07 Å². The lowest BCUT2D eigenvalue weighted by molar-refractivity contribution is -0.144. The predicted octanol–water partition coefficient (Wildman–Crippen LogP) is 2.31. The Kier molecular flexibility index (Phi) is 6.77. The average Bonchev–Trinajstić information content (AvgIpc) is 2.41. The standard InChI is InChI=1S/C14H18BrFN2O3/c1-8(2)13(14(20)21-3)17-7-12(19)18-11-5-4-9(15)6-10(11)16/h4-6,8,13,17H,7H2,1-3H3,(H,18,19). The highest BCUT2D eigenvalue weighted by Gasteiger charge is 2.23. The summed E-state index contributed by atoms with van der Waals surface area (Å²) in [4.78, 5) is 23.3. The Hall–Kier alpha value is -1.47. The summed E-state index contributed by atoms with van der Waals surface area (Å²) >= 11 is 3.14. The summed E-state index contributed by atoms with van der Waals surface area (Å²) in [6.45, 7) is 3.55. The first kappa shape index (κ1) is 17.6. The number of amides is 1. The van der Waals surface area contributed by atoms with Crippen molar-refractivity contribution in [2.45, 2.75) is 19.9 Å². The number of carbonyl (C=O) groups excluding carboxylic acids is 2. The third-order valence-corrected chi connectivity index (χ3v) is 3.30. The fraction of sp³-hybridized carbons (Fsp3) is 0.429. The first-order valence-electron chi connectivity index (χ1n) is 6.41. The molecule has 0 aromatic heterocycles. The van der Waals surface area contributed by atoms with E-state index in [2.05, 4.69) is 31.3 Å². The summed E-state index contributed by atoms with van der Waals surface area (Å²) in [7, 11) is 1.29. The number of nitrogens with one attached hydrogen (secondary N) is 2. The second-order valence-electron chi connectivity index (χ2n) is 4.80. The lowest BCUT2D eigenvalue weighted by atomic mass is 10.0. The van der Waals surface area contributed by atoms with Crippen LogP contribution in [-0.2, 0) is 14.3 Å². The van der Waals surface area contributed by atoms with Crippen LogP contribution in [0.2, 0.25) is 0 Å². The molecule has 1 amide bonds. The van der Waals surface area contributed by atoms with Gasteiger partial charge in [0.1, 0.15) is 11.9 Å². The molecule has 1 atom stereocenters. The average molecular weight is 361 g/mol. The van der Waals surface area contributed by atoms with Crippen LogP contribution in [0.1, 0.15) is 13.8 Å². The number of esters is 1. The van der Waals surface area contributed by atoms with Crippen molar-refractivity contribution in [1.82, 2.24) is 5.32 Å². The number of ether oxygens (including phenoxy) is 1. The maximum atomic E-state index is 13.6. The van der Waals surface area contributed by atoms with E-state index < -0.39 is 23.7 Å². The highest BCUT2D eigenvalue weighted by molar-refractivity contribution is 9.10. The van der Waals surface area contributed by atoms with Gasteiger partial charge in [-0.3, -0.25) is 14.9 Å². The highest BCUT2D eigenvalue weighted by atomic mass is 79.9. The molecule has 0 aliphatic heterocycles. The number of rotatable bonds is 6. The van der Waals surface area contributed by atoms with Crippen LogP contribution in [0.3, 0.4) is 0 Å². The Morgan fingerprint density at radius 3 is 2.57 bits per heavy atom. The van der Waals surface area contributed by atoms with Crippen LogP contribution in [0.15, 0.2) is 22.7 Å². The third-order valence-electron chi connectivity index (χ3n) is 2.81. The number of methoxy groups -OCH3 is 1. The van der Waals surface area contributed by atoms with Gasteiger partial charge in [-0.15, -0.1) is 0 Å². The molecule has 21 heavy (non-hydrogen) atoms. The molecule has 1 aromatic carbocycles. The van der Waals surface area contributed by atoms with Crippen LogP contribution < -0.4 is 10.6 Å². The number of anilines is 1. The summed E-state index contributed by atoms with van der Waals surface area (Å²) in [6, 6.07) is 3.75. The molecule has 0 saturated heterocycles.